The second-order valence-corrected chi connectivity index (χ2v) is 5.15. The van der Waals surface area contributed by atoms with Crippen molar-refractivity contribution in [1.29, 1.82) is 0 Å². The van der Waals surface area contributed by atoms with E-state index in [0.29, 0.717) is 22.8 Å². The average molecular weight is 269 g/mol. The summed E-state index contributed by atoms with van der Waals surface area (Å²) in [5.41, 5.74) is 5.00. The molecule has 4 nitrogen and oxygen atoms in total. The fourth-order valence-electron chi connectivity index (χ4n) is 2.45. The Hall–Kier alpha value is -2.23. The molecule has 2 rings (SSSR count). The SMILES string of the molecule is Cc1cc(C)cc(NC(=O)c2c(C)nc(C)nc2C)c1. The molecular weight excluding hydrogens is 250 g/mol. The maximum Gasteiger partial charge on any atom is 0.259 e. The predicted molar refractivity (Wildman–Crippen MR) is 80.1 cm³/mol. The summed E-state index contributed by atoms with van der Waals surface area (Å²) in [6.07, 6.45) is 0. The van der Waals surface area contributed by atoms with Gasteiger partial charge >= 0.3 is 0 Å². The molecule has 0 unspecified atom stereocenters. The van der Waals surface area contributed by atoms with E-state index in [-0.39, 0.29) is 5.91 Å². The van der Waals surface area contributed by atoms with E-state index in [1.165, 1.54) is 0 Å². The van der Waals surface area contributed by atoms with Crippen molar-refractivity contribution in [3.05, 3.63) is 52.1 Å². The van der Waals surface area contributed by atoms with Crippen molar-refractivity contribution < 1.29 is 4.79 Å². The van der Waals surface area contributed by atoms with E-state index in [2.05, 4.69) is 21.4 Å². The zero-order valence-electron chi connectivity index (χ0n) is 12.5. The maximum absolute atomic E-state index is 12.4. The van der Waals surface area contributed by atoms with E-state index in [1.54, 1.807) is 0 Å². The minimum atomic E-state index is -0.162. The zero-order valence-corrected chi connectivity index (χ0v) is 12.5. The number of hydrogen-bond acceptors (Lipinski definition) is 3. The molecule has 0 saturated carbocycles. The summed E-state index contributed by atoms with van der Waals surface area (Å²) in [7, 11) is 0. The van der Waals surface area contributed by atoms with Crippen LogP contribution in [0.5, 0.6) is 0 Å². The largest absolute Gasteiger partial charge is 0.322 e. The van der Waals surface area contributed by atoms with Gasteiger partial charge < -0.3 is 5.32 Å². The lowest BCUT2D eigenvalue weighted by Gasteiger charge is -2.11. The van der Waals surface area contributed by atoms with Gasteiger partial charge in [0.05, 0.1) is 17.0 Å². The summed E-state index contributed by atoms with van der Waals surface area (Å²) < 4.78 is 0. The number of aryl methyl sites for hydroxylation is 5. The molecule has 0 aliphatic carbocycles. The van der Waals surface area contributed by atoms with Crippen LogP contribution in [0.1, 0.15) is 38.7 Å². The molecule has 104 valence electrons. The monoisotopic (exact) mass is 269 g/mol. The van der Waals surface area contributed by atoms with Gasteiger partial charge in [0, 0.05) is 5.69 Å². The predicted octanol–water partition coefficient (Wildman–Crippen LogP) is 3.27. The van der Waals surface area contributed by atoms with Crippen molar-refractivity contribution in [3.8, 4) is 0 Å². The van der Waals surface area contributed by atoms with Crippen molar-refractivity contribution in [2.24, 2.45) is 0 Å². The Kier molecular flexibility index (Phi) is 3.84. The molecule has 1 aromatic carbocycles. The van der Waals surface area contributed by atoms with Crippen molar-refractivity contribution in [2.45, 2.75) is 34.6 Å². The quantitative estimate of drug-likeness (QED) is 0.910. The second kappa shape index (κ2) is 5.41. The number of hydrogen-bond donors (Lipinski definition) is 1. The molecule has 20 heavy (non-hydrogen) atoms. The first-order valence-electron chi connectivity index (χ1n) is 6.58. The molecule has 4 heteroatoms. The Morgan fingerprint density at radius 1 is 0.900 bits per heavy atom. The number of anilines is 1. The third kappa shape index (κ3) is 3.02. The molecule has 0 aliphatic rings. The van der Waals surface area contributed by atoms with Crippen LogP contribution < -0.4 is 5.32 Å². The molecule has 1 amide bonds. The van der Waals surface area contributed by atoms with Crippen LogP contribution in [0.15, 0.2) is 18.2 Å². The van der Waals surface area contributed by atoms with Gasteiger partial charge in [0.1, 0.15) is 5.82 Å². The lowest BCUT2D eigenvalue weighted by Crippen LogP contribution is -2.17. The zero-order chi connectivity index (χ0) is 14.9. The molecular formula is C16H19N3O. The van der Waals surface area contributed by atoms with Crippen LogP contribution in [0.2, 0.25) is 0 Å². The molecule has 2 aromatic rings. The molecule has 0 bridgehead atoms. The van der Waals surface area contributed by atoms with E-state index in [4.69, 9.17) is 0 Å². The second-order valence-electron chi connectivity index (χ2n) is 5.15. The standard InChI is InChI=1S/C16H19N3O/c1-9-6-10(2)8-14(7-9)19-16(20)15-11(3)17-13(5)18-12(15)4/h6-8H,1-5H3,(H,19,20). The topological polar surface area (TPSA) is 54.9 Å². The Bertz CT molecular complexity index is 634. The number of amides is 1. The highest BCUT2D eigenvalue weighted by Gasteiger charge is 2.15. The Balaban J connectivity index is 2.33. The highest BCUT2D eigenvalue weighted by Crippen LogP contribution is 2.17. The number of carbonyl (C=O) groups excluding carboxylic acids is 1. The molecule has 0 fully saturated rings. The summed E-state index contributed by atoms with van der Waals surface area (Å²) in [5, 5.41) is 2.92. The van der Waals surface area contributed by atoms with Crippen LogP contribution in [0.25, 0.3) is 0 Å². The van der Waals surface area contributed by atoms with Gasteiger partial charge in [0.15, 0.2) is 0 Å². The van der Waals surface area contributed by atoms with Crippen molar-refractivity contribution in [1.82, 2.24) is 9.97 Å². The highest BCUT2D eigenvalue weighted by atomic mass is 16.1. The molecule has 0 atom stereocenters. The van der Waals surface area contributed by atoms with E-state index in [9.17, 15) is 4.79 Å². The molecule has 0 saturated heterocycles. The molecule has 0 radical (unpaired) electrons. The number of benzene rings is 1. The number of carbonyl (C=O) groups is 1. The van der Waals surface area contributed by atoms with Gasteiger partial charge in [-0.25, -0.2) is 9.97 Å². The van der Waals surface area contributed by atoms with Gasteiger partial charge in [-0.1, -0.05) is 6.07 Å². The maximum atomic E-state index is 12.4. The van der Waals surface area contributed by atoms with Crippen molar-refractivity contribution >= 4 is 11.6 Å². The van der Waals surface area contributed by atoms with E-state index >= 15 is 0 Å². The molecule has 0 aliphatic heterocycles. The van der Waals surface area contributed by atoms with E-state index in [1.807, 2.05) is 46.8 Å². The fourth-order valence-corrected chi connectivity index (χ4v) is 2.45. The Morgan fingerprint density at radius 2 is 1.40 bits per heavy atom. The van der Waals surface area contributed by atoms with Gasteiger partial charge in [-0.2, -0.15) is 0 Å². The molecule has 1 N–H and O–H groups in total. The lowest BCUT2D eigenvalue weighted by molar-refractivity contribution is 0.102. The first-order valence-corrected chi connectivity index (χ1v) is 6.58. The van der Waals surface area contributed by atoms with Crippen molar-refractivity contribution in [2.75, 3.05) is 5.32 Å². The lowest BCUT2D eigenvalue weighted by atomic mass is 10.1. The van der Waals surface area contributed by atoms with Crippen molar-refractivity contribution in [3.63, 3.8) is 0 Å². The van der Waals surface area contributed by atoms with Crippen LogP contribution in [-0.4, -0.2) is 15.9 Å². The highest BCUT2D eigenvalue weighted by molar-refractivity contribution is 6.05. The first kappa shape index (κ1) is 14.2. The Labute approximate surface area is 119 Å². The minimum Gasteiger partial charge on any atom is -0.322 e. The van der Waals surface area contributed by atoms with E-state index in [0.717, 1.165) is 16.8 Å². The summed E-state index contributed by atoms with van der Waals surface area (Å²) in [6.45, 7) is 9.50. The summed E-state index contributed by atoms with van der Waals surface area (Å²) >= 11 is 0. The molecule has 1 aromatic heterocycles. The first-order chi connectivity index (χ1) is 9.36. The van der Waals surface area contributed by atoms with E-state index < -0.39 is 0 Å². The van der Waals surface area contributed by atoms with Crippen LogP contribution in [0.4, 0.5) is 5.69 Å². The van der Waals surface area contributed by atoms with Crippen LogP contribution in [-0.2, 0) is 0 Å². The summed E-state index contributed by atoms with van der Waals surface area (Å²) in [6, 6.07) is 5.97. The summed E-state index contributed by atoms with van der Waals surface area (Å²) in [5.74, 6) is 0.521. The molecule has 0 spiro atoms. The van der Waals surface area contributed by atoms with Gasteiger partial charge in [0.2, 0.25) is 0 Å². The van der Waals surface area contributed by atoms with Gasteiger partial charge in [-0.3, -0.25) is 4.79 Å². The van der Waals surface area contributed by atoms with Gasteiger partial charge in [-0.05, 0) is 57.9 Å². The third-order valence-corrected chi connectivity index (χ3v) is 3.09. The third-order valence-electron chi connectivity index (χ3n) is 3.09. The number of nitrogens with one attached hydrogen (secondary N) is 1. The minimum absolute atomic E-state index is 0.162. The summed E-state index contributed by atoms with van der Waals surface area (Å²) in [4.78, 5) is 20.9. The Morgan fingerprint density at radius 3 is 1.90 bits per heavy atom. The van der Waals surface area contributed by atoms with Gasteiger partial charge in [-0.15, -0.1) is 0 Å². The van der Waals surface area contributed by atoms with Crippen LogP contribution in [0.3, 0.4) is 0 Å². The molecule has 1 heterocycles. The number of aromatic nitrogens is 2. The van der Waals surface area contributed by atoms with Crippen LogP contribution >= 0.6 is 0 Å². The smallest absolute Gasteiger partial charge is 0.259 e. The van der Waals surface area contributed by atoms with Gasteiger partial charge in [0.25, 0.3) is 5.91 Å². The van der Waals surface area contributed by atoms with Crippen LogP contribution in [0, 0.1) is 34.6 Å². The number of nitrogens with zero attached hydrogens (tertiary/aromatic N) is 2. The average Bonchev–Trinajstić information content (AvgIpc) is 2.25. The normalized spacial score (nSPS) is 10.4. The number of rotatable bonds is 2. The fraction of sp³-hybridized carbons (Fsp3) is 0.312.